The molecule has 3 N–H and O–H groups in total. The second-order valence-corrected chi connectivity index (χ2v) is 2.67. The van der Waals surface area contributed by atoms with E-state index < -0.39 is 0 Å². The number of aromatic amines is 1. The molecule has 0 unspecified atom stereocenters. The van der Waals surface area contributed by atoms with Gasteiger partial charge in [0.15, 0.2) is 5.65 Å². The van der Waals surface area contributed by atoms with Crippen molar-refractivity contribution in [3.05, 3.63) is 22.1 Å². The van der Waals surface area contributed by atoms with Crippen molar-refractivity contribution in [2.24, 2.45) is 0 Å². The van der Waals surface area contributed by atoms with E-state index in [9.17, 15) is 4.79 Å². The molecule has 2 heterocycles. The number of hydrogen-bond acceptors (Lipinski definition) is 5. The Kier molecular flexibility index (Phi) is 1.48. The highest BCUT2D eigenvalue weighted by Gasteiger charge is 2.03. The van der Waals surface area contributed by atoms with E-state index in [1.54, 1.807) is 13.0 Å². The van der Waals surface area contributed by atoms with Gasteiger partial charge in [0.2, 0.25) is 5.95 Å². The number of nitrogens with two attached hydrogens (primary N) is 1. The lowest BCUT2D eigenvalue weighted by Gasteiger charge is -1.96. The summed E-state index contributed by atoms with van der Waals surface area (Å²) < 4.78 is 0. The van der Waals surface area contributed by atoms with Gasteiger partial charge in [-0.3, -0.25) is 9.78 Å². The van der Waals surface area contributed by atoms with Gasteiger partial charge in [0.1, 0.15) is 0 Å². The van der Waals surface area contributed by atoms with Crippen molar-refractivity contribution < 1.29 is 0 Å². The van der Waals surface area contributed by atoms with Crippen molar-refractivity contribution in [2.75, 3.05) is 5.73 Å². The number of rotatable bonds is 0. The summed E-state index contributed by atoms with van der Waals surface area (Å²) >= 11 is 0. The van der Waals surface area contributed by atoms with Gasteiger partial charge in [-0.1, -0.05) is 0 Å². The zero-order valence-corrected chi connectivity index (χ0v) is 6.90. The highest BCUT2D eigenvalue weighted by Crippen LogP contribution is 2.03. The van der Waals surface area contributed by atoms with Gasteiger partial charge in [-0.2, -0.15) is 10.1 Å². The largest absolute Gasteiger partial charge is 0.369 e. The summed E-state index contributed by atoms with van der Waals surface area (Å²) in [7, 11) is 0. The van der Waals surface area contributed by atoms with Crippen LogP contribution >= 0.6 is 0 Å². The van der Waals surface area contributed by atoms with Crippen molar-refractivity contribution in [1.82, 2.24) is 20.2 Å². The standard InChI is InChI=1S/C7H7N5O/c1-3-2-4-5(12-11-3)9-7(8)10-6(4)13/h2H,1H3,(H3,8,9,10,12,13). The highest BCUT2D eigenvalue weighted by molar-refractivity contribution is 5.73. The first-order valence-corrected chi connectivity index (χ1v) is 3.66. The third-order valence-corrected chi connectivity index (χ3v) is 1.61. The second-order valence-electron chi connectivity index (χ2n) is 2.67. The van der Waals surface area contributed by atoms with Gasteiger partial charge in [0.05, 0.1) is 11.1 Å². The first-order valence-electron chi connectivity index (χ1n) is 3.66. The summed E-state index contributed by atoms with van der Waals surface area (Å²) in [5, 5.41) is 7.91. The number of nitrogen functional groups attached to an aromatic ring is 1. The zero-order valence-electron chi connectivity index (χ0n) is 6.90. The van der Waals surface area contributed by atoms with Crippen LogP contribution in [0.3, 0.4) is 0 Å². The molecular formula is C7H7N5O. The van der Waals surface area contributed by atoms with Crippen LogP contribution in [-0.4, -0.2) is 20.2 Å². The third kappa shape index (κ3) is 1.22. The van der Waals surface area contributed by atoms with Gasteiger partial charge >= 0.3 is 0 Å². The quantitative estimate of drug-likeness (QED) is 0.570. The molecule has 0 fully saturated rings. The summed E-state index contributed by atoms with van der Waals surface area (Å²) in [5.74, 6) is 0.0515. The van der Waals surface area contributed by atoms with Crippen molar-refractivity contribution in [3.8, 4) is 0 Å². The van der Waals surface area contributed by atoms with Crippen molar-refractivity contribution in [3.63, 3.8) is 0 Å². The van der Waals surface area contributed by atoms with Crippen LogP contribution < -0.4 is 11.3 Å². The molecule has 0 amide bonds. The Labute approximate surface area is 72.8 Å². The molecule has 6 nitrogen and oxygen atoms in total. The summed E-state index contributed by atoms with van der Waals surface area (Å²) in [6, 6.07) is 1.62. The lowest BCUT2D eigenvalue weighted by Crippen LogP contribution is -2.12. The summed E-state index contributed by atoms with van der Waals surface area (Å²) in [6.07, 6.45) is 0. The van der Waals surface area contributed by atoms with Gasteiger partial charge in [-0.15, -0.1) is 5.10 Å². The van der Waals surface area contributed by atoms with Crippen LogP contribution in [0.25, 0.3) is 11.0 Å². The van der Waals surface area contributed by atoms with Crippen LogP contribution in [0.4, 0.5) is 5.95 Å². The molecule has 0 aliphatic heterocycles. The fourth-order valence-electron chi connectivity index (χ4n) is 1.06. The number of H-pyrrole nitrogens is 1. The minimum absolute atomic E-state index is 0.0515. The van der Waals surface area contributed by atoms with Crippen LogP contribution in [0, 0.1) is 6.92 Å². The number of hydrogen-bond donors (Lipinski definition) is 2. The average Bonchev–Trinajstić information content (AvgIpc) is 2.06. The molecule has 0 atom stereocenters. The molecule has 2 rings (SSSR count). The van der Waals surface area contributed by atoms with Gasteiger partial charge < -0.3 is 5.73 Å². The topological polar surface area (TPSA) is 97.5 Å². The monoisotopic (exact) mass is 177 g/mol. The van der Waals surface area contributed by atoms with Crippen molar-refractivity contribution >= 4 is 17.0 Å². The second kappa shape index (κ2) is 2.51. The van der Waals surface area contributed by atoms with E-state index in [1.165, 1.54) is 0 Å². The third-order valence-electron chi connectivity index (χ3n) is 1.61. The van der Waals surface area contributed by atoms with Gasteiger partial charge in [0, 0.05) is 0 Å². The lowest BCUT2D eigenvalue weighted by molar-refractivity contribution is 0.990. The van der Waals surface area contributed by atoms with E-state index in [4.69, 9.17) is 5.73 Å². The van der Waals surface area contributed by atoms with E-state index in [0.29, 0.717) is 11.1 Å². The minimum Gasteiger partial charge on any atom is -0.369 e. The minimum atomic E-state index is -0.291. The summed E-state index contributed by atoms with van der Waals surface area (Å²) in [5.41, 5.74) is 5.98. The fourth-order valence-corrected chi connectivity index (χ4v) is 1.06. The number of aromatic nitrogens is 4. The Morgan fingerprint density at radius 3 is 3.00 bits per heavy atom. The molecule has 0 saturated heterocycles. The van der Waals surface area contributed by atoms with E-state index in [-0.39, 0.29) is 17.2 Å². The Morgan fingerprint density at radius 1 is 1.46 bits per heavy atom. The predicted octanol–water partition coefficient (Wildman–Crippen LogP) is -0.396. The Morgan fingerprint density at radius 2 is 2.23 bits per heavy atom. The van der Waals surface area contributed by atoms with Crippen LogP contribution in [0.15, 0.2) is 10.9 Å². The lowest BCUT2D eigenvalue weighted by atomic mass is 10.3. The van der Waals surface area contributed by atoms with Gasteiger partial charge in [0.25, 0.3) is 5.56 Å². The maximum atomic E-state index is 11.3. The SMILES string of the molecule is Cc1cc2c(=O)[nH]c(N)nc2nn1. The van der Waals surface area contributed by atoms with E-state index >= 15 is 0 Å². The molecule has 0 radical (unpaired) electrons. The molecule has 6 heteroatoms. The zero-order chi connectivity index (χ0) is 9.42. The first-order chi connectivity index (χ1) is 6.16. The van der Waals surface area contributed by atoms with Crippen LogP contribution in [0.1, 0.15) is 5.69 Å². The fraction of sp³-hybridized carbons (Fsp3) is 0.143. The molecule has 0 aliphatic rings. The number of anilines is 1. The Hall–Kier alpha value is -1.98. The Balaban J connectivity index is 2.95. The van der Waals surface area contributed by atoms with Crippen molar-refractivity contribution in [2.45, 2.75) is 6.92 Å². The normalized spacial score (nSPS) is 10.5. The number of aryl methyl sites for hydroxylation is 1. The number of fused-ring (bicyclic) bond motifs is 1. The first kappa shape index (κ1) is 7.66. The van der Waals surface area contributed by atoms with Crippen LogP contribution in [-0.2, 0) is 0 Å². The van der Waals surface area contributed by atoms with E-state index in [1.807, 2.05) is 0 Å². The summed E-state index contributed by atoms with van der Waals surface area (Å²) in [4.78, 5) is 17.5. The molecular weight excluding hydrogens is 170 g/mol. The molecule has 2 aromatic rings. The Bertz CT molecular complexity index is 518. The molecule has 13 heavy (non-hydrogen) atoms. The summed E-state index contributed by atoms with van der Waals surface area (Å²) in [6.45, 7) is 1.75. The van der Waals surface area contributed by atoms with Gasteiger partial charge in [-0.05, 0) is 13.0 Å². The van der Waals surface area contributed by atoms with E-state index in [2.05, 4.69) is 20.2 Å². The smallest absolute Gasteiger partial charge is 0.261 e. The molecule has 0 aromatic carbocycles. The van der Waals surface area contributed by atoms with Crippen LogP contribution in [0.2, 0.25) is 0 Å². The number of nitrogens with zero attached hydrogens (tertiary/aromatic N) is 3. The predicted molar refractivity (Wildman–Crippen MR) is 47.1 cm³/mol. The molecule has 2 aromatic heterocycles. The molecule has 0 aliphatic carbocycles. The van der Waals surface area contributed by atoms with E-state index in [0.717, 1.165) is 0 Å². The van der Waals surface area contributed by atoms with Gasteiger partial charge in [-0.25, -0.2) is 0 Å². The molecule has 0 bridgehead atoms. The molecule has 0 saturated carbocycles. The van der Waals surface area contributed by atoms with Crippen molar-refractivity contribution in [1.29, 1.82) is 0 Å². The maximum absolute atomic E-state index is 11.3. The number of nitrogens with one attached hydrogen (secondary N) is 1. The van der Waals surface area contributed by atoms with Crippen LogP contribution in [0.5, 0.6) is 0 Å². The molecule has 0 spiro atoms. The highest BCUT2D eigenvalue weighted by atomic mass is 16.1. The maximum Gasteiger partial charge on any atom is 0.261 e. The average molecular weight is 177 g/mol. The molecule has 66 valence electrons.